The van der Waals surface area contributed by atoms with Crippen LogP contribution >= 0.6 is 24.0 Å². The molecule has 4 heterocycles. The fourth-order valence-corrected chi connectivity index (χ4v) is 4.58. The van der Waals surface area contributed by atoms with E-state index in [4.69, 9.17) is 4.74 Å². The Hall–Kier alpha value is -1.73. The van der Waals surface area contributed by atoms with Gasteiger partial charge in [0.15, 0.2) is 5.96 Å². The molecule has 184 valence electrons. The lowest BCUT2D eigenvalue weighted by molar-refractivity contribution is -0.142. The van der Waals surface area contributed by atoms with E-state index in [1.165, 1.54) is 0 Å². The minimum absolute atomic E-state index is 0. The number of rotatable bonds is 6. The summed E-state index contributed by atoms with van der Waals surface area (Å²) in [7, 11) is 1.83. The van der Waals surface area contributed by atoms with Crippen molar-refractivity contribution < 1.29 is 9.53 Å². The van der Waals surface area contributed by atoms with Crippen molar-refractivity contribution in [1.29, 1.82) is 0 Å². The number of aliphatic imine (C=N–C) groups is 1. The number of carbonyl (C=O) groups is 1. The minimum atomic E-state index is -0.221. The van der Waals surface area contributed by atoms with Crippen molar-refractivity contribution in [3.05, 3.63) is 18.5 Å². The molecule has 0 aliphatic carbocycles. The van der Waals surface area contributed by atoms with Gasteiger partial charge in [0.2, 0.25) is 5.95 Å². The minimum Gasteiger partial charge on any atom is -0.368 e. The van der Waals surface area contributed by atoms with E-state index in [0.29, 0.717) is 6.61 Å². The number of hydrogen-bond acceptors (Lipinski definition) is 7. The lowest BCUT2D eigenvalue weighted by Crippen LogP contribution is -2.55. The van der Waals surface area contributed by atoms with Gasteiger partial charge in [-0.3, -0.25) is 14.7 Å². The number of aromatic nitrogens is 2. The number of hydrogen-bond donors (Lipinski definition) is 1. The van der Waals surface area contributed by atoms with Crippen molar-refractivity contribution in [1.82, 2.24) is 30.0 Å². The first-order chi connectivity index (χ1) is 15.7. The average molecular weight is 572 g/mol. The number of nitrogens with one attached hydrogen (secondary N) is 1. The second-order valence-electron chi connectivity index (χ2n) is 8.52. The van der Waals surface area contributed by atoms with Gasteiger partial charge in [0.1, 0.15) is 6.10 Å². The van der Waals surface area contributed by atoms with Gasteiger partial charge >= 0.3 is 0 Å². The maximum Gasteiger partial charge on any atom is 0.251 e. The predicted octanol–water partition coefficient (Wildman–Crippen LogP) is 0.505. The summed E-state index contributed by atoms with van der Waals surface area (Å²) in [5, 5.41) is 3.50. The van der Waals surface area contributed by atoms with Crippen LogP contribution in [0.3, 0.4) is 0 Å². The molecule has 1 aromatic heterocycles. The van der Waals surface area contributed by atoms with E-state index in [1.807, 2.05) is 18.0 Å². The van der Waals surface area contributed by atoms with Crippen LogP contribution in [0.25, 0.3) is 0 Å². The van der Waals surface area contributed by atoms with E-state index in [1.54, 1.807) is 12.4 Å². The van der Waals surface area contributed by atoms with E-state index < -0.39 is 0 Å². The van der Waals surface area contributed by atoms with Crippen molar-refractivity contribution >= 4 is 41.8 Å². The Balaban J connectivity index is 0.00000306. The Morgan fingerprint density at radius 1 is 1.09 bits per heavy atom. The lowest BCUT2D eigenvalue weighted by atomic mass is 10.2. The molecule has 0 radical (unpaired) electrons. The molecule has 1 aromatic rings. The SMILES string of the molecule is CN=C(NCCCN1CCN(c2ncccn2)CC1)N1CCN(C(=O)C2CCCO2)CC1.I. The molecular formula is C22H37IN8O2. The molecule has 11 heteroatoms. The van der Waals surface area contributed by atoms with Crippen molar-refractivity contribution in [3.63, 3.8) is 0 Å². The molecule has 3 aliphatic heterocycles. The molecule has 1 unspecified atom stereocenters. The molecule has 1 amide bonds. The molecular weight excluding hydrogens is 535 g/mol. The Kier molecular flexibility index (Phi) is 10.4. The summed E-state index contributed by atoms with van der Waals surface area (Å²) in [6.07, 6.45) is 6.30. The Labute approximate surface area is 213 Å². The van der Waals surface area contributed by atoms with Crippen molar-refractivity contribution in [3.8, 4) is 0 Å². The number of ether oxygens (including phenoxy) is 1. The van der Waals surface area contributed by atoms with Crippen LogP contribution in [0.1, 0.15) is 19.3 Å². The van der Waals surface area contributed by atoms with E-state index in [-0.39, 0.29) is 36.0 Å². The summed E-state index contributed by atoms with van der Waals surface area (Å²) in [5.41, 5.74) is 0. The molecule has 0 bridgehead atoms. The molecule has 1 N–H and O–H groups in total. The monoisotopic (exact) mass is 572 g/mol. The maximum atomic E-state index is 12.5. The molecule has 3 aliphatic rings. The van der Waals surface area contributed by atoms with Crippen LogP contribution in [0, 0.1) is 0 Å². The quantitative estimate of drug-likeness (QED) is 0.228. The molecule has 10 nitrogen and oxygen atoms in total. The van der Waals surface area contributed by atoms with Gasteiger partial charge < -0.3 is 24.8 Å². The first kappa shape index (κ1) is 25.9. The summed E-state index contributed by atoms with van der Waals surface area (Å²) in [5.74, 6) is 1.92. The van der Waals surface area contributed by atoms with Gasteiger partial charge in [-0.1, -0.05) is 0 Å². The molecule has 33 heavy (non-hydrogen) atoms. The van der Waals surface area contributed by atoms with E-state index in [0.717, 1.165) is 96.6 Å². The summed E-state index contributed by atoms with van der Waals surface area (Å²) in [6.45, 7) is 9.75. The second kappa shape index (κ2) is 13.2. The van der Waals surface area contributed by atoms with Gasteiger partial charge in [-0.15, -0.1) is 24.0 Å². The average Bonchev–Trinajstić information content (AvgIpc) is 3.40. The van der Waals surface area contributed by atoms with Crippen molar-refractivity contribution in [2.45, 2.75) is 25.4 Å². The highest BCUT2D eigenvalue weighted by atomic mass is 127. The number of anilines is 1. The largest absolute Gasteiger partial charge is 0.368 e. The highest BCUT2D eigenvalue weighted by Gasteiger charge is 2.30. The third-order valence-electron chi connectivity index (χ3n) is 6.45. The van der Waals surface area contributed by atoms with Gasteiger partial charge in [0.05, 0.1) is 0 Å². The van der Waals surface area contributed by atoms with Crippen molar-refractivity contribution in [2.75, 3.05) is 84.0 Å². The second-order valence-corrected chi connectivity index (χ2v) is 8.52. The van der Waals surface area contributed by atoms with Gasteiger partial charge in [0, 0.05) is 85.0 Å². The molecule has 0 saturated carbocycles. The van der Waals surface area contributed by atoms with Crippen LogP contribution in [-0.4, -0.2) is 122 Å². The molecule has 0 aromatic carbocycles. The third-order valence-corrected chi connectivity index (χ3v) is 6.45. The highest BCUT2D eigenvalue weighted by Crippen LogP contribution is 2.16. The highest BCUT2D eigenvalue weighted by molar-refractivity contribution is 14.0. The zero-order valence-electron chi connectivity index (χ0n) is 19.6. The van der Waals surface area contributed by atoms with Crippen LogP contribution < -0.4 is 10.2 Å². The summed E-state index contributed by atoms with van der Waals surface area (Å²) < 4.78 is 5.55. The van der Waals surface area contributed by atoms with Crippen LogP contribution in [0.2, 0.25) is 0 Å². The molecule has 3 saturated heterocycles. The summed E-state index contributed by atoms with van der Waals surface area (Å²) >= 11 is 0. The topological polar surface area (TPSA) is 89.4 Å². The summed E-state index contributed by atoms with van der Waals surface area (Å²) in [4.78, 5) is 34.6. The zero-order valence-corrected chi connectivity index (χ0v) is 21.9. The fourth-order valence-electron chi connectivity index (χ4n) is 4.58. The first-order valence-electron chi connectivity index (χ1n) is 11.8. The number of guanidine groups is 1. The van der Waals surface area contributed by atoms with Gasteiger partial charge in [0.25, 0.3) is 5.91 Å². The third kappa shape index (κ3) is 7.12. The molecule has 3 fully saturated rings. The number of nitrogens with zero attached hydrogens (tertiary/aromatic N) is 7. The standard InChI is InChI=1S/C22H36N8O2.HI/c1-23-21(29-16-14-28(15-17-29)20(31)19-5-2-18-32-19)24-8-4-9-27-10-12-30(13-11-27)22-25-6-3-7-26-22;/h3,6-7,19H,2,4-5,8-18H2,1H3,(H,23,24);1H. The first-order valence-corrected chi connectivity index (χ1v) is 11.8. The summed E-state index contributed by atoms with van der Waals surface area (Å²) in [6, 6.07) is 1.85. The number of halogens is 1. The fraction of sp³-hybridized carbons (Fsp3) is 0.727. The lowest BCUT2D eigenvalue weighted by Gasteiger charge is -2.37. The van der Waals surface area contributed by atoms with E-state index >= 15 is 0 Å². The van der Waals surface area contributed by atoms with E-state index in [2.05, 4.69) is 35.0 Å². The van der Waals surface area contributed by atoms with Gasteiger partial charge in [-0.05, 0) is 31.9 Å². The number of carbonyl (C=O) groups excluding carboxylic acids is 1. The van der Waals surface area contributed by atoms with E-state index in [9.17, 15) is 4.79 Å². The molecule has 1 atom stereocenters. The Morgan fingerprint density at radius 3 is 2.42 bits per heavy atom. The van der Waals surface area contributed by atoms with Gasteiger partial charge in [-0.2, -0.15) is 0 Å². The number of piperazine rings is 2. The Morgan fingerprint density at radius 2 is 1.79 bits per heavy atom. The molecule has 0 spiro atoms. The predicted molar refractivity (Wildman–Crippen MR) is 139 cm³/mol. The van der Waals surface area contributed by atoms with Crippen LogP contribution in [0.5, 0.6) is 0 Å². The number of amides is 1. The zero-order chi connectivity index (χ0) is 22.2. The van der Waals surface area contributed by atoms with Crippen LogP contribution in [0.15, 0.2) is 23.5 Å². The molecule has 4 rings (SSSR count). The van der Waals surface area contributed by atoms with Crippen LogP contribution in [-0.2, 0) is 9.53 Å². The Bertz CT molecular complexity index is 746. The maximum absolute atomic E-state index is 12.5. The van der Waals surface area contributed by atoms with Gasteiger partial charge in [-0.25, -0.2) is 9.97 Å². The van der Waals surface area contributed by atoms with Crippen LogP contribution in [0.4, 0.5) is 5.95 Å². The smallest absolute Gasteiger partial charge is 0.251 e. The van der Waals surface area contributed by atoms with Crippen molar-refractivity contribution in [2.24, 2.45) is 4.99 Å². The normalized spacial score (nSPS) is 22.3.